The van der Waals surface area contributed by atoms with Crippen LogP contribution in [0.15, 0.2) is 57.5 Å². The predicted molar refractivity (Wildman–Crippen MR) is 128 cm³/mol. The Bertz CT molecular complexity index is 1040. The monoisotopic (exact) mass is 496 g/mol. The molecule has 0 radical (unpaired) electrons. The molecule has 1 aliphatic rings. The van der Waals surface area contributed by atoms with Gasteiger partial charge in [-0.1, -0.05) is 52.3 Å². The van der Waals surface area contributed by atoms with Gasteiger partial charge in [-0.05, 0) is 74.7 Å². The highest BCUT2D eigenvalue weighted by atomic mass is 79.9. The third-order valence-corrected chi connectivity index (χ3v) is 6.71. The van der Waals surface area contributed by atoms with E-state index in [2.05, 4.69) is 62.3 Å². The summed E-state index contributed by atoms with van der Waals surface area (Å²) in [6, 6.07) is 16.2. The first-order chi connectivity index (χ1) is 15.5. The standard InChI is InChI=1S/C25H29BrN4O2/c1-3-22(21-7-5-4-6-17(21)2)27-25(31)19-12-14-30(15-13-19)16-23-28-24(29-32-23)18-8-10-20(26)11-9-18/h4-11,19,22H,3,12-16H2,1-2H3,(H,27,31). The quantitative estimate of drug-likeness (QED) is 0.481. The molecule has 1 N–H and O–H groups in total. The van der Waals surface area contributed by atoms with Crippen molar-refractivity contribution in [1.82, 2.24) is 20.4 Å². The molecule has 1 saturated heterocycles. The van der Waals surface area contributed by atoms with Crippen molar-refractivity contribution in [1.29, 1.82) is 0 Å². The number of hydrogen-bond acceptors (Lipinski definition) is 5. The number of amides is 1. The van der Waals surface area contributed by atoms with E-state index in [9.17, 15) is 4.79 Å². The van der Waals surface area contributed by atoms with Gasteiger partial charge in [0.15, 0.2) is 0 Å². The summed E-state index contributed by atoms with van der Waals surface area (Å²) >= 11 is 3.44. The maximum atomic E-state index is 12.9. The number of benzene rings is 2. The minimum absolute atomic E-state index is 0.0466. The van der Waals surface area contributed by atoms with E-state index in [1.165, 1.54) is 11.1 Å². The molecule has 1 aromatic heterocycles. The Hall–Kier alpha value is -2.51. The summed E-state index contributed by atoms with van der Waals surface area (Å²) in [6.45, 7) is 6.51. The van der Waals surface area contributed by atoms with Gasteiger partial charge in [-0.3, -0.25) is 9.69 Å². The number of nitrogens with one attached hydrogen (secondary N) is 1. The zero-order valence-corrected chi connectivity index (χ0v) is 20.1. The van der Waals surface area contributed by atoms with Crippen LogP contribution in [0.25, 0.3) is 11.4 Å². The average Bonchev–Trinajstić information content (AvgIpc) is 3.27. The molecule has 7 heteroatoms. The maximum absolute atomic E-state index is 12.9. The van der Waals surface area contributed by atoms with Crippen LogP contribution in [-0.4, -0.2) is 34.0 Å². The summed E-state index contributed by atoms with van der Waals surface area (Å²) in [5.74, 6) is 1.42. The van der Waals surface area contributed by atoms with Crippen LogP contribution in [0.5, 0.6) is 0 Å². The van der Waals surface area contributed by atoms with E-state index in [0.717, 1.165) is 42.4 Å². The third kappa shape index (κ3) is 5.45. The number of rotatable bonds is 7. The lowest BCUT2D eigenvalue weighted by Gasteiger charge is -2.31. The number of aromatic nitrogens is 2. The summed E-state index contributed by atoms with van der Waals surface area (Å²) in [5, 5.41) is 7.39. The Morgan fingerprint density at radius 3 is 2.59 bits per heavy atom. The van der Waals surface area contributed by atoms with Gasteiger partial charge in [-0.2, -0.15) is 4.98 Å². The fourth-order valence-electron chi connectivity index (χ4n) is 4.25. The Kier molecular flexibility index (Phi) is 7.37. The maximum Gasteiger partial charge on any atom is 0.241 e. The van der Waals surface area contributed by atoms with E-state index in [4.69, 9.17) is 4.52 Å². The highest BCUT2D eigenvalue weighted by molar-refractivity contribution is 9.10. The van der Waals surface area contributed by atoms with Crippen LogP contribution in [0.4, 0.5) is 0 Å². The van der Waals surface area contributed by atoms with E-state index < -0.39 is 0 Å². The molecule has 3 aromatic rings. The Morgan fingerprint density at radius 2 is 1.91 bits per heavy atom. The molecule has 1 amide bonds. The molecule has 0 bridgehead atoms. The molecule has 2 aromatic carbocycles. The molecule has 168 valence electrons. The van der Waals surface area contributed by atoms with Crippen molar-refractivity contribution in [2.45, 2.75) is 45.7 Å². The lowest BCUT2D eigenvalue weighted by atomic mass is 9.94. The van der Waals surface area contributed by atoms with Crippen LogP contribution >= 0.6 is 15.9 Å². The fourth-order valence-corrected chi connectivity index (χ4v) is 4.51. The lowest BCUT2D eigenvalue weighted by molar-refractivity contribution is -0.127. The topological polar surface area (TPSA) is 71.3 Å². The molecule has 32 heavy (non-hydrogen) atoms. The number of aryl methyl sites for hydroxylation is 1. The van der Waals surface area contributed by atoms with Crippen LogP contribution in [0.3, 0.4) is 0 Å². The van der Waals surface area contributed by atoms with Gasteiger partial charge >= 0.3 is 0 Å². The fraction of sp³-hybridized carbons (Fsp3) is 0.400. The van der Waals surface area contributed by atoms with Gasteiger partial charge in [0.25, 0.3) is 0 Å². The Morgan fingerprint density at radius 1 is 1.19 bits per heavy atom. The normalized spacial score (nSPS) is 16.1. The Balaban J connectivity index is 1.29. The van der Waals surface area contributed by atoms with E-state index in [1.54, 1.807) is 0 Å². The molecular weight excluding hydrogens is 468 g/mol. The van der Waals surface area contributed by atoms with E-state index >= 15 is 0 Å². The van der Waals surface area contributed by atoms with Gasteiger partial charge in [0.2, 0.25) is 17.6 Å². The zero-order chi connectivity index (χ0) is 22.5. The second kappa shape index (κ2) is 10.4. The first kappa shape index (κ1) is 22.7. The number of carbonyl (C=O) groups is 1. The van der Waals surface area contributed by atoms with Crippen molar-refractivity contribution in [2.24, 2.45) is 5.92 Å². The van der Waals surface area contributed by atoms with Crippen molar-refractivity contribution in [3.05, 3.63) is 70.0 Å². The number of carbonyl (C=O) groups excluding carboxylic acids is 1. The summed E-state index contributed by atoms with van der Waals surface area (Å²) in [7, 11) is 0. The first-order valence-corrected chi connectivity index (χ1v) is 12.0. The average molecular weight is 497 g/mol. The molecule has 4 rings (SSSR count). The first-order valence-electron chi connectivity index (χ1n) is 11.2. The Labute approximate surface area is 197 Å². The van der Waals surface area contributed by atoms with E-state index in [0.29, 0.717) is 18.3 Å². The minimum Gasteiger partial charge on any atom is -0.349 e. The van der Waals surface area contributed by atoms with Crippen molar-refractivity contribution in [3.8, 4) is 11.4 Å². The van der Waals surface area contributed by atoms with Crippen LogP contribution in [-0.2, 0) is 11.3 Å². The summed E-state index contributed by atoms with van der Waals surface area (Å²) in [4.78, 5) is 19.7. The number of likely N-dealkylation sites (tertiary alicyclic amines) is 1. The molecular formula is C25H29BrN4O2. The molecule has 0 spiro atoms. The largest absolute Gasteiger partial charge is 0.349 e. The third-order valence-electron chi connectivity index (χ3n) is 6.18. The van der Waals surface area contributed by atoms with Crippen molar-refractivity contribution < 1.29 is 9.32 Å². The summed E-state index contributed by atoms with van der Waals surface area (Å²) in [5.41, 5.74) is 3.35. The minimum atomic E-state index is 0.0466. The van der Waals surface area contributed by atoms with Crippen LogP contribution in [0.1, 0.15) is 49.2 Å². The van der Waals surface area contributed by atoms with Gasteiger partial charge in [0.05, 0.1) is 12.6 Å². The van der Waals surface area contributed by atoms with Crippen molar-refractivity contribution in [2.75, 3.05) is 13.1 Å². The smallest absolute Gasteiger partial charge is 0.241 e. The zero-order valence-electron chi connectivity index (χ0n) is 18.6. The summed E-state index contributed by atoms with van der Waals surface area (Å²) < 4.78 is 6.47. The van der Waals surface area contributed by atoms with Crippen LogP contribution in [0.2, 0.25) is 0 Å². The van der Waals surface area contributed by atoms with Gasteiger partial charge < -0.3 is 9.84 Å². The van der Waals surface area contributed by atoms with E-state index in [1.807, 2.05) is 36.4 Å². The van der Waals surface area contributed by atoms with Crippen LogP contribution in [0, 0.1) is 12.8 Å². The molecule has 1 fully saturated rings. The number of piperidine rings is 1. The van der Waals surface area contributed by atoms with Gasteiger partial charge in [0.1, 0.15) is 0 Å². The van der Waals surface area contributed by atoms with Crippen molar-refractivity contribution in [3.63, 3.8) is 0 Å². The lowest BCUT2D eigenvalue weighted by Crippen LogP contribution is -2.41. The molecule has 0 saturated carbocycles. The SMILES string of the molecule is CCC(NC(=O)C1CCN(Cc2nc(-c3ccc(Br)cc3)no2)CC1)c1ccccc1C. The summed E-state index contributed by atoms with van der Waals surface area (Å²) in [6.07, 6.45) is 2.56. The molecule has 0 aliphatic carbocycles. The number of nitrogens with zero attached hydrogens (tertiary/aromatic N) is 3. The van der Waals surface area contributed by atoms with Crippen molar-refractivity contribution >= 4 is 21.8 Å². The highest BCUT2D eigenvalue weighted by Crippen LogP contribution is 2.24. The second-order valence-corrected chi connectivity index (χ2v) is 9.31. The van der Waals surface area contributed by atoms with E-state index in [-0.39, 0.29) is 17.9 Å². The molecule has 1 atom stereocenters. The predicted octanol–water partition coefficient (Wildman–Crippen LogP) is 5.29. The highest BCUT2D eigenvalue weighted by Gasteiger charge is 2.27. The van der Waals surface area contributed by atoms with Gasteiger partial charge in [-0.15, -0.1) is 0 Å². The van der Waals surface area contributed by atoms with Gasteiger partial charge in [0, 0.05) is 16.0 Å². The molecule has 6 nitrogen and oxygen atoms in total. The van der Waals surface area contributed by atoms with Crippen LogP contribution < -0.4 is 5.32 Å². The molecule has 1 unspecified atom stereocenters. The number of hydrogen-bond donors (Lipinski definition) is 1. The molecule has 2 heterocycles. The second-order valence-electron chi connectivity index (χ2n) is 8.40. The van der Waals surface area contributed by atoms with Gasteiger partial charge in [-0.25, -0.2) is 0 Å². The number of halogens is 1. The molecule has 1 aliphatic heterocycles.